The van der Waals surface area contributed by atoms with Gasteiger partial charge in [0.2, 0.25) is 5.82 Å². The number of hydrogen-bond donors (Lipinski definition) is 1. The smallest absolute Gasteiger partial charge is 0.305 e. The highest BCUT2D eigenvalue weighted by atomic mass is 16.4. The lowest BCUT2D eigenvalue weighted by Gasteiger charge is -2.00. The van der Waals surface area contributed by atoms with Crippen LogP contribution in [-0.2, 0) is 11.3 Å². The number of nitrogens with zero attached hydrogens (tertiary/aromatic N) is 6. The third kappa shape index (κ3) is 2.16. The molecule has 0 saturated heterocycles. The first-order valence-corrected chi connectivity index (χ1v) is 4.51. The van der Waals surface area contributed by atoms with Crippen molar-refractivity contribution in [3.05, 3.63) is 18.6 Å². The second-order valence-corrected chi connectivity index (χ2v) is 2.96. The van der Waals surface area contributed by atoms with Gasteiger partial charge >= 0.3 is 5.97 Å². The van der Waals surface area contributed by atoms with Crippen LogP contribution < -0.4 is 0 Å². The zero-order valence-electron chi connectivity index (χ0n) is 8.19. The maximum atomic E-state index is 10.4. The maximum absolute atomic E-state index is 10.4. The van der Waals surface area contributed by atoms with Crippen LogP contribution in [0.4, 0.5) is 0 Å². The Bertz CT molecular complexity index is 482. The Kier molecular flexibility index (Phi) is 2.81. The predicted octanol–water partition coefficient (Wildman–Crippen LogP) is -0.395. The topological polar surface area (TPSA) is 107 Å². The molecule has 0 aromatic carbocycles. The van der Waals surface area contributed by atoms with Crippen LogP contribution in [0.3, 0.4) is 0 Å². The van der Waals surface area contributed by atoms with Gasteiger partial charge in [0.15, 0.2) is 0 Å². The van der Waals surface area contributed by atoms with E-state index in [1.807, 2.05) is 0 Å². The van der Waals surface area contributed by atoms with Crippen molar-refractivity contribution in [1.82, 2.24) is 30.2 Å². The van der Waals surface area contributed by atoms with Crippen molar-refractivity contribution in [2.45, 2.75) is 13.0 Å². The van der Waals surface area contributed by atoms with Gasteiger partial charge in [0.05, 0.1) is 19.2 Å². The maximum Gasteiger partial charge on any atom is 0.305 e. The molecule has 8 nitrogen and oxygen atoms in total. The summed E-state index contributed by atoms with van der Waals surface area (Å²) in [5.41, 5.74) is 0.512. The van der Waals surface area contributed by atoms with E-state index < -0.39 is 5.97 Å². The first kappa shape index (κ1) is 10.1. The van der Waals surface area contributed by atoms with Gasteiger partial charge in [0, 0.05) is 12.4 Å². The van der Waals surface area contributed by atoms with Crippen LogP contribution in [0.5, 0.6) is 0 Å². The minimum absolute atomic E-state index is 0.0434. The highest BCUT2D eigenvalue weighted by Crippen LogP contribution is 2.10. The number of carbonyl (C=O) groups is 1. The number of carboxylic acid groups (broad SMARTS) is 1. The molecule has 0 amide bonds. The Hall–Kier alpha value is -2.38. The van der Waals surface area contributed by atoms with Gasteiger partial charge in [-0.2, -0.15) is 0 Å². The normalized spacial score (nSPS) is 10.2. The molecule has 0 spiro atoms. The van der Waals surface area contributed by atoms with Crippen LogP contribution in [0.15, 0.2) is 18.6 Å². The molecule has 0 aliphatic carbocycles. The summed E-state index contributed by atoms with van der Waals surface area (Å²) in [5, 5.41) is 19.5. The number of aromatic nitrogens is 6. The first-order chi connectivity index (χ1) is 7.77. The molecule has 0 aliphatic rings. The molecular weight excluding hydrogens is 212 g/mol. The van der Waals surface area contributed by atoms with Crippen LogP contribution >= 0.6 is 0 Å². The summed E-state index contributed by atoms with van der Waals surface area (Å²) in [5.74, 6) is -0.491. The van der Waals surface area contributed by atoms with E-state index in [1.165, 1.54) is 23.3 Å². The van der Waals surface area contributed by atoms with Crippen LogP contribution in [0.1, 0.15) is 6.42 Å². The van der Waals surface area contributed by atoms with Gasteiger partial charge in [-0.25, -0.2) is 9.67 Å². The van der Waals surface area contributed by atoms with Crippen molar-refractivity contribution >= 4 is 5.97 Å². The third-order valence-corrected chi connectivity index (χ3v) is 1.86. The Morgan fingerprint density at radius 1 is 1.44 bits per heavy atom. The summed E-state index contributed by atoms with van der Waals surface area (Å²) in [7, 11) is 0. The van der Waals surface area contributed by atoms with Crippen molar-refractivity contribution in [1.29, 1.82) is 0 Å². The van der Waals surface area contributed by atoms with E-state index in [0.29, 0.717) is 11.5 Å². The molecule has 0 atom stereocenters. The molecule has 8 heteroatoms. The molecule has 82 valence electrons. The van der Waals surface area contributed by atoms with Crippen molar-refractivity contribution in [2.75, 3.05) is 0 Å². The van der Waals surface area contributed by atoms with Crippen LogP contribution in [0, 0.1) is 0 Å². The van der Waals surface area contributed by atoms with Gasteiger partial charge in [-0.1, -0.05) is 0 Å². The fourth-order valence-corrected chi connectivity index (χ4v) is 1.15. The molecule has 0 bridgehead atoms. The fraction of sp³-hybridized carbons (Fsp3) is 0.250. The second-order valence-electron chi connectivity index (χ2n) is 2.96. The fourth-order valence-electron chi connectivity index (χ4n) is 1.15. The average molecular weight is 220 g/mol. The van der Waals surface area contributed by atoms with Crippen molar-refractivity contribution in [3.8, 4) is 11.5 Å². The second kappa shape index (κ2) is 4.43. The molecule has 1 N–H and O–H groups in total. The number of carboxylic acids is 1. The first-order valence-electron chi connectivity index (χ1n) is 4.51. The van der Waals surface area contributed by atoms with E-state index in [1.54, 1.807) is 0 Å². The SMILES string of the molecule is O=C(O)CCn1nnnc1-c1cnccn1. The average Bonchev–Trinajstić information content (AvgIpc) is 2.75. The lowest BCUT2D eigenvalue weighted by Crippen LogP contribution is -2.08. The van der Waals surface area contributed by atoms with E-state index >= 15 is 0 Å². The summed E-state index contributed by atoms with van der Waals surface area (Å²) < 4.78 is 1.39. The molecule has 2 aromatic heterocycles. The Labute approximate surface area is 90.0 Å². The van der Waals surface area contributed by atoms with Crippen molar-refractivity contribution in [2.24, 2.45) is 0 Å². The molecular formula is C8H8N6O2. The summed E-state index contributed by atoms with van der Waals surface area (Å²) in [6.45, 7) is 0.203. The predicted molar refractivity (Wildman–Crippen MR) is 51.1 cm³/mol. The Morgan fingerprint density at radius 2 is 2.31 bits per heavy atom. The Balaban J connectivity index is 2.23. The highest BCUT2D eigenvalue weighted by molar-refractivity contribution is 5.66. The quantitative estimate of drug-likeness (QED) is 0.747. The number of rotatable bonds is 4. The summed E-state index contributed by atoms with van der Waals surface area (Å²) in [6, 6.07) is 0. The van der Waals surface area contributed by atoms with E-state index in [-0.39, 0.29) is 13.0 Å². The molecule has 0 saturated carbocycles. The van der Waals surface area contributed by atoms with Crippen molar-refractivity contribution in [3.63, 3.8) is 0 Å². The molecule has 2 heterocycles. The van der Waals surface area contributed by atoms with Gasteiger partial charge in [0.25, 0.3) is 0 Å². The number of tetrazole rings is 1. The van der Waals surface area contributed by atoms with Crippen LogP contribution in [-0.4, -0.2) is 41.3 Å². The van der Waals surface area contributed by atoms with Crippen molar-refractivity contribution < 1.29 is 9.90 Å². The van der Waals surface area contributed by atoms with E-state index in [2.05, 4.69) is 25.5 Å². The molecule has 0 fully saturated rings. The zero-order valence-corrected chi connectivity index (χ0v) is 8.19. The third-order valence-electron chi connectivity index (χ3n) is 1.86. The monoisotopic (exact) mass is 220 g/mol. The highest BCUT2D eigenvalue weighted by Gasteiger charge is 2.10. The zero-order chi connectivity index (χ0) is 11.4. The van der Waals surface area contributed by atoms with Gasteiger partial charge in [-0.05, 0) is 10.4 Å². The van der Waals surface area contributed by atoms with Gasteiger partial charge in [0.1, 0.15) is 5.69 Å². The molecule has 2 rings (SSSR count). The van der Waals surface area contributed by atoms with Gasteiger partial charge < -0.3 is 5.11 Å². The summed E-state index contributed by atoms with van der Waals surface area (Å²) >= 11 is 0. The minimum atomic E-state index is -0.902. The molecule has 2 aromatic rings. The standard InChI is InChI=1S/C8H8N6O2/c15-7(16)1-4-14-8(11-12-13-14)6-5-9-2-3-10-6/h2-3,5H,1,4H2,(H,15,16). The lowest BCUT2D eigenvalue weighted by molar-refractivity contribution is -0.137. The van der Waals surface area contributed by atoms with E-state index in [4.69, 9.17) is 5.11 Å². The molecule has 0 unspecified atom stereocenters. The summed E-state index contributed by atoms with van der Waals surface area (Å²) in [4.78, 5) is 18.4. The molecule has 0 radical (unpaired) electrons. The van der Waals surface area contributed by atoms with Crippen LogP contribution in [0.25, 0.3) is 11.5 Å². The van der Waals surface area contributed by atoms with Gasteiger partial charge in [-0.3, -0.25) is 9.78 Å². The minimum Gasteiger partial charge on any atom is -0.481 e. The number of aliphatic carboxylic acids is 1. The van der Waals surface area contributed by atoms with Crippen LogP contribution in [0.2, 0.25) is 0 Å². The summed E-state index contributed by atoms with van der Waals surface area (Å²) in [6.07, 6.45) is 4.53. The lowest BCUT2D eigenvalue weighted by atomic mass is 10.4. The molecule has 16 heavy (non-hydrogen) atoms. The number of hydrogen-bond acceptors (Lipinski definition) is 6. The van der Waals surface area contributed by atoms with E-state index in [9.17, 15) is 4.79 Å². The largest absolute Gasteiger partial charge is 0.481 e. The van der Waals surface area contributed by atoms with E-state index in [0.717, 1.165) is 0 Å². The molecule has 0 aliphatic heterocycles. The number of aryl methyl sites for hydroxylation is 1. The Morgan fingerprint density at radius 3 is 3.00 bits per heavy atom. The van der Waals surface area contributed by atoms with Gasteiger partial charge in [-0.15, -0.1) is 5.10 Å².